The first-order valence-electron chi connectivity index (χ1n) is 8.73. The Morgan fingerprint density at radius 1 is 0.958 bits per heavy atom. The minimum atomic E-state index is 0.781. The lowest BCUT2D eigenvalue weighted by Gasteiger charge is -2.23. The van der Waals surface area contributed by atoms with Gasteiger partial charge in [0, 0.05) is 36.4 Å². The van der Waals surface area contributed by atoms with Gasteiger partial charge in [0.25, 0.3) is 0 Å². The predicted molar refractivity (Wildman–Crippen MR) is 98.0 cm³/mol. The van der Waals surface area contributed by atoms with Crippen LogP contribution in [0.2, 0.25) is 0 Å². The highest BCUT2D eigenvalue weighted by atomic mass is 15.2. The third kappa shape index (κ3) is 2.96. The van der Waals surface area contributed by atoms with Gasteiger partial charge in [-0.05, 0) is 49.4 Å². The Morgan fingerprint density at radius 2 is 1.79 bits per heavy atom. The summed E-state index contributed by atoms with van der Waals surface area (Å²) in [5, 5.41) is 1.14. The molecule has 0 spiro atoms. The van der Waals surface area contributed by atoms with Gasteiger partial charge in [-0.25, -0.2) is 9.97 Å². The summed E-state index contributed by atoms with van der Waals surface area (Å²) in [6.07, 6.45) is 7.34. The number of nitrogens with zero attached hydrogens (tertiary/aromatic N) is 4. The van der Waals surface area contributed by atoms with E-state index in [1.165, 1.54) is 19.3 Å². The highest BCUT2D eigenvalue weighted by Crippen LogP contribution is 2.29. The quantitative estimate of drug-likeness (QED) is 0.706. The van der Waals surface area contributed by atoms with Crippen LogP contribution >= 0.6 is 0 Å². The van der Waals surface area contributed by atoms with Crippen molar-refractivity contribution in [3.8, 4) is 11.4 Å². The van der Waals surface area contributed by atoms with Crippen molar-refractivity contribution in [1.29, 1.82) is 0 Å². The van der Waals surface area contributed by atoms with E-state index in [9.17, 15) is 0 Å². The van der Waals surface area contributed by atoms with Gasteiger partial charge in [-0.15, -0.1) is 0 Å². The maximum Gasteiger partial charge on any atom is 0.162 e. The van der Waals surface area contributed by atoms with Crippen molar-refractivity contribution in [2.75, 3.05) is 18.0 Å². The lowest BCUT2D eigenvalue weighted by Crippen LogP contribution is -2.25. The van der Waals surface area contributed by atoms with Crippen LogP contribution < -0.4 is 4.90 Å². The van der Waals surface area contributed by atoms with Gasteiger partial charge in [-0.2, -0.15) is 0 Å². The summed E-state index contributed by atoms with van der Waals surface area (Å²) in [5.74, 6) is 2.65. The van der Waals surface area contributed by atoms with Crippen LogP contribution in [0.5, 0.6) is 0 Å². The van der Waals surface area contributed by atoms with E-state index in [0.717, 1.165) is 47.1 Å². The highest BCUT2D eigenvalue weighted by molar-refractivity contribution is 5.91. The van der Waals surface area contributed by atoms with Crippen LogP contribution in [0.15, 0.2) is 48.8 Å². The predicted octanol–water partition coefficient (Wildman–Crippen LogP) is 4.32. The minimum absolute atomic E-state index is 0.781. The van der Waals surface area contributed by atoms with Crippen molar-refractivity contribution in [2.24, 2.45) is 5.92 Å². The van der Waals surface area contributed by atoms with Crippen LogP contribution in [0, 0.1) is 5.92 Å². The van der Waals surface area contributed by atoms with Crippen LogP contribution in [0.3, 0.4) is 0 Å². The molecule has 0 N–H and O–H groups in total. The van der Waals surface area contributed by atoms with Gasteiger partial charge in [0.05, 0.1) is 5.52 Å². The van der Waals surface area contributed by atoms with Crippen molar-refractivity contribution in [3.63, 3.8) is 0 Å². The molecule has 4 rings (SSSR count). The molecule has 1 aliphatic heterocycles. The molecule has 3 heterocycles. The van der Waals surface area contributed by atoms with Gasteiger partial charge in [-0.3, -0.25) is 4.98 Å². The zero-order valence-corrected chi connectivity index (χ0v) is 14.0. The molecule has 122 valence electrons. The third-order valence-electron chi connectivity index (χ3n) is 4.84. The molecule has 0 radical (unpaired) electrons. The molecule has 24 heavy (non-hydrogen) atoms. The Bertz CT molecular complexity index is 831. The summed E-state index contributed by atoms with van der Waals surface area (Å²) in [6.45, 7) is 4.49. The molecule has 1 aliphatic rings. The van der Waals surface area contributed by atoms with Gasteiger partial charge < -0.3 is 4.90 Å². The Kier molecular flexibility index (Phi) is 4.11. The number of benzene rings is 1. The second-order valence-electron chi connectivity index (χ2n) is 6.65. The zero-order valence-electron chi connectivity index (χ0n) is 14.0. The molecule has 1 saturated heterocycles. The number of hydrogen-bond acceptors (Lipinski definition) is 4. The van der Waals surface area contributed by atoms with E-state index in [4.69, 9.17) is 9.97 Å². The fraction of sp³-hybridized carbons (Fsp3) is 0.350. The second kappa shape index (κ2) is 6.56. The molecule has 1 fully saturated rings. The number of anilines is 1. The largest absolute Gasteiger partial charge is 0.356 e. The molecule has 0 amide bonds. The fourth-order valence-electron chi connectivity index (χ4n) is 3.41. The summed E-state index contributed by atoms with van der Waals surface area (Å²) >= 11 is 0. The smallest absolute Gasteiger partial charge is 0.162 e. The van der Waals surface area contributed by atoms with E-state index in [-0.39, 0.29) is 0 Å². The van der Waals surface area contributed by atoms with E-state index in [2.05, 4.69) is 35.0 Å². The van der Waals surface area contributed by atoms with Gasteiger partial charge >= 0.3 is 0 Å². The molecule has 4 heteroatoms. The molecule has 4 nitrogen and oxygen atoms in total. The zero-order chi connectivity index (χ0) is 16.4. The summed E-state index contributed by atoms with van der Waals surface area (Å²) in [6, 6.07) is 12.3. The van der Waals surface area contributed by atoms with E-state index in [1.807, 2.05) is 18.2 Å². The van der Waals surface area contributed by atoms with Crippen LogP contribution in [0.25, 0.3) is 22.3 Å². The summed E-state index contributed by atoms with van der Waals surface area (Å²) in [4.78, 5) is 16.3. The maximum atomic E-state index is 4.95. The molecule has 0 bridgehead atoms. The maximum absolute atomic E-state index is 4.95. The van der Waals surface area contributed by atoms with E-state index < -0.39 is 0 Å². The Morgan fingerprint density at radius 3 is 2.67 bits per heavy atom. The van der Waals surface area contributed by atoms with Crippen molar-refractivity contribution in [1.82, 2.24) is 15.0 Å². The number of aromatic nitrogens is 3. The minimum Gasteiger partial charge on any atom is -0.356 e. The van der Waals surface area contributed by atoms with Gasteiger partial charge in [-0.1, -0.05) is 19.1 Å². The van der Waals surface area contributed by atoms with Crippen molar-refractivity contribution >= 4 is 16.7 Å². The summed E-state index contributed by atoms with van der Waals surface area (Å²) in [5.41, 5.74) is 2.02. The lowest BCUT2D eigenvalue weighted by atomic mass is 10.0. The highest BCUT2D eigenvalue weighted by Gasteiger charge is 2.19. The Hall–Kier alpha value is -2.49. The van der Waals surface area contributed by atoms with E-state index >= 15 is 0 Å². The molecule has 1 aromatic carbocycles. The van der Waals surface area contributed by atoms with Crippen molar-refractivity contribution in [3.05, 3.63) is 48.8 Å². The molecular formula is C20H22N4. The monoisotopic (exact) mass is 318 g/mol. The molecule has 0 aliphatic carbocycles. The second-order valence-corrected chi connectivity index (χ2v) is 6.65. The first-order valence-corrected chi connectivity index (χ1v) is 8.73. The van der Waals surface area contributed by atoms with Crippen LogP contribution in [0.4, 0.5) is 5.82 Å². The molecule has 0 saturated carbocycles. The van der Waals surface area contributed by atoms with Gasteiger partial charge in [0.15, 0.2) is 5.82 Å². The number of fused-ring (bicyclic) bond motifs is 1. The molecule has 2 aromatic heterocycles. The number of rotatable bonds is 2. The molecular weight excluding hydrogens is 296 g/mol. The van der Waals surface area contributed by atoms with Gasteiger partial charge in [0.2, 0.25) is 0 Å². The van der Waals surface area contributed by atoms with E-state index in [1.54, 1.807) is 12.4 Å². The van der Waals surface area contributed by atoms with Gasteiger partial charge in [0.1, 0.15) is 5.82 Å². The number of pyridine rings is 1. The molecule has 1 atom stereocenters. The van der Waals surface area contributed by atoms with E-state index in [0.29, 0.717) is 0 Å². The average molecular weight is 318 g/mol. The lowest BCUT2D eigenvalue weighted by molar-refractivity contribution is 0.521. The van der Waals surface area contributed by atoms with Crippen molar-refractivity contribution in [2.45, 2.75) is 26.2 Å². The standard InChI is InChI=1S/C20H22N4/c1-15-5-4-13-24(14-10-15)20-17-6-2-3-7-18(17)22-19(23-20)16-8-11-21-12-9-16/h2-3,6-9,11-12,15H,4-5,10,13-14H2,1H3/t15-/m0/s1. The first-order chi connectivity index (χ1) is 11.8. The third-order valence-corrected chi connectivity index (χ3v) is 4.84. The summed E-state index contributed by atoms with van der Waals surface area (Å²) in [7, 11) is 0. The van der Waals surface area contributed by atoms with Crippen LogP contribution in [-0.4, -0.2) is 28.0 Å². The van der Waals surface area contributed by atoms with Crippen LogP contribution in [-0.2, 0) is 0 Å². The molecule has 0 unspecified atom stereocenters. The first kappa shape index (κ1) is 15.1. The summed E-state index contributed by atoms with van der Waals surface area (Å²) < 4.78 is 0. The number of hydrogen-bond donors (Lipinski definition) is 0. The van der Waals surface area contributed by atoms with Crippen molar-refractivity contribution < 1.29 is 0 Å². The topological polar surface area (TPSA) is 41.9 Å². The normalized spacial score (nSPS) is 18.5. The Balaban J connectivity index is 1.83. The number of para-hydroxylation sites is 1. The average Bonchev–Trinajstić information content (AvgIpc) is 2.86. The fourth-order valence-corrected chi connectivity index (χ4v) is 3.41. The molecule has 3 aromatic rings. The SMILES string of the molecule is C[C@H]1CCCN(c2nc(-c3ccncc3)nc3ccccc23)CC1. The van der Waals surface area contributed by atoms with Crippen LogP contribution in [0.1, 0.15) is 26.2 Å². The Labute approximate surface area is 142 Å².